The Hall–Kier alpha value is -3.49. The first kappa shape index (κ1) is 16.0. The van der Waals surface area contributed by atoms with Gasteiger partial charge in [-0.2, -0.15) is 10.3 Å². The van der Waals surface area contributed by atoms with Crippen molar-refractivity contribution in [2.75, 3.05) is 0 Å². The molecule has 4 aromatic rings. The van der Waals surface area contributed by atoms with Gasteiger partial charge in [0.2, 0.25) is 0 Å². The highest BCUT2D eigenvalue weighted by Crippen LogP contribution is 2.27. The summed E-state index contributed by atoms with van der Waals surface area (Å²) >= 11 is 0. The first-order valence-electron chi connectivity index (χ1n) is 8.12. The van der Waals surface area contributed by atoms with Crippen molar-refractivity contribution in [2.45, 2.75) is 26.2 Å². The van der Waals surface area contributed by atoms with Crippen LogP contribution in [0.15, 0.2) is 42.7 Å². The SMILES string of the molecule is CC(C)(C)c1cc(-c2nccn2-c2ccc(Oc3nn[nH]n3)cc2)n[nH]1. The van der Waals surface area contributed by atoms with Crippen molar-refractivity contribution in [3.63, 3.8) is 0 Å². The van der Waals surface area contributed by atoms with E-state index in [0.29, 0.717) is 5.75 Å². The summed E-state index contributed by atoms with van der Waals surface area (Å²) in [6, 6.07) is 9.73. The van der Waals surface area contributed by atoms with E-state index >= 15 is 0 Å². The van der Waals surface area contributed by atoms with E-state index in [0.717, 1.165) is 22.9 Å². The maximum Gasteiger partial charge on any atom is 0.361 e. The van der Waals surface area contributed by atoms with Crippen molar-refractivity contribution in [3.8, 4) is 29.0 Å². The van der Waals surface area contributed by atoms with Crippen LogP contribution in [0.2, 0.25) is 0 Å². The first-order valence-corrected chi connectivity index (χ1v) is 8.12. The first-order chi connectivity index (χ1) is 12.5. The van der Waals surface area contributed by atoms with Crippen LogP contribution < -0.4 is 4.74 Å². The molecule has 2 N–H and O–H groups in total. The van der Waals surface area contributed by atoms with Crippen LogP contribution in [-0.2, 0) is 5.41 Å². The van der Waals surface area contributed by atoms with Crippen LogP contribution in [-0.4, -0.2) is 40.4 Å². The van der Waals surface area contributed by atoms with Crippen molar-refractivity contribution in [1.82, 2.24) is 40.4 Å². The van der Waals surface area contributed by atoms with Crippen LogP contribution in [0.3, 0.4) is 0 Å². The summed E-state index contributed by atoms with van der Waals surface area (Å²) in [4.78, 5) is 4.46. The lowest BCUT2D eigenvalue weighted by Crippen LogP contribution is -2.11. The second-order valence-corrected chi connectivity index (χ2v) is 6.83. The Kier molecular flexibility index (Phi) is 3.76. The maximum absolute atomic E-state index is 5.49. The molecule has 0 radical (unpaired) electrons. The zero-order chi connectivity index (χ0) is 18.1. The number of H-pyrrole nitrogens is 2. The van der Waals surface area contributed by atoms with E-state index < -0.39 is 0 Å². The Labute approximate surface area is 149 Å². The van der Waals surface area contributed by atoms with Gasteiger partial charge >= 0.3 is 6.01 Å². The summed E-state index contributed by atoms with van der Waals surface area (Å²) in [7, 11) is 0. The van der Waals surface area contributed by atoms with E-state index in [4.69, 9.17) is 4.74 Å². The van der Waals surface area contributed by atoms with Crippen molar-refractivity contribution in [3.05, 3.63) is 48.4 Å². The Bertz CT molecular complexity index is 992. The molecule has 3 heterocycles. The fraction of sp³-hybridized carbons (Fsp3) is 0.235. The number of tetrazole rings is 1. The van der Waals surface area contributed by atoms with Crippen LogP contribution in [0.1, 0.15) is 26.5 Å². The average molecular weight is 350 g/mol. The number of aromatic nitrogens is 8. The van der Waals surface area contributed by atoms with Crippen molar-refractivity contribution in [2.24, 2.45) is 0 Å². The second-order valence-electron chi connectivity index (χ2n) is 6.83. The molecule has 0 amide bonds. The largest absolute Gasteiger partial charge is 0.422 e. The monoisotopic (exact) mass is 350 g/mol. The molecule has 0 spiro atoms. The topological polar surface area (TPSA) is 110 Å². The van der Waals surface area contributed by atoms with Gasteiger partial charge in [0.15, 0.2) is 5.82 Å². The molecule has 0 bridgehead atoms. The summed E-state index contributed by atoms with van der Waals surface area (Å²) in [5, 5.41) is 20.8. The molecule has 0 aliphatic heterocycles. The van der Waals surface area contributed by atoms with Gasteiger partial charge in [-0.25, -0.2) is 4.98 Å². The molecule has 26 heavy (non-hydrogen) atoms. The molecule has 0 saturated carbocycles. The third-order valence-electron chi connectivity index (χ3n) is 3.91. The normalized spacial score (nSPS) is 11.7. The Balaban J connectivity index is 1.61. The quantitative estimate of drug-likeness (QED) is 0.585. The molecule has 9 nitrogen and oxygen atoms in total. The maximum atomic E-state index is 5.49. The number of benzene rings is 1. The number of rotatable bonds is 4. The Morgan fingerprint density at radius 1 is 1.08 bits per heavy atom. The summed E-state index contributed by atoms with van der Waals surface area (Å²) in [6.45, 7) is 6.41. The molecular formula is C17H18N8O. The number of imidazole rings is 1. The summed E-state index contributed by atoms with van der Waals surface area (Å²) < 4.78 is 7.46. The standard InChI is InChI=1S/C17H18N8O/c1-17(2,3)14-10-13(19-20-14)15-18-8-9-25(15)11-4-6-12(7-5-11)26-16-21-23-24-22-16/h4-10H,1-3H3,(H,19,20)(H,21,22,23,24). The molecule has 1 aromatic carbocycles. The number of hydrogen-bond acceptors (Lipinski definition) is 6. The Morgan fingerprint density at radius 2 is 1.88 bits per heavy atom. The van der Waals surface area contributed by atoms with Gasteiger partial charge in [0.05, 0.1) is 0 Å². The average Bonchev–Trinajstić information content (AvgIpc) is 3.35. The molecule has 0 fully saturated rings. The molecule has 0 unspecified atom stereocenters. The van der Waals surface area contributed by atoms with Gasteiger partial charge in [0, 0.05) is 29.2 Å². The van der Waals surface area contributed by atoms with Crippen molar-refractivity contribution in [1.29, 1.82) is 0 Å². The third kappa shape index (κ3) is 3.06. The highest BCUT2D eigenvalue weighted by molar-refractivity contribution is 5.55. The Morgan fingerprint density at radius 3 is 2.54 bits per heavy atom. The summed E-state index contributed by atoms with van der Waals surface area (Å²) in [5.74, 6) is 1.38. The molecule has 0 saturated heterocycles. The highest BCUT2D eigenvalue weighted by atomic mass is 16.5. The smallest absolute Gasteiger partial charge is 0.361 e. The number of hydrogen-bond donors (Lipinski definition) is 2. The van der Waals surface area contributed by atoms with Crippen LogP contribution in [0.5, 0.6) is 11.8 Å². The lowest BCUT2D eigenvalue weighted by molar-refractivity contribution is 0.442. The number of nitrogens with one attached hydrogen (secondary N) is 2. The van der Waals surface area contributed by atoms with Gasteiger partial charge in [0.1, 0.15) is 11.4 Å². The van der Waals surface area contributed by atoms with E-state index in [1.54, 1.807) is 6.20 Å². The zero-order valence-electron chi connectivity index (χ0n) is 14.6. The molecule has 9 heteroatoms. The minimum Gasteiger partial charge on any atom is -0.422 e. The van der Waals surface area contributed by atoms with Crippen LogP contribution in [0.4, 0.5) is 0 Å². The lowest BCUT2D eigenvalue weighted by atomic mass is 9.92. The van der Waals surface area contributed by atoms with Crippen molar-refractivity contribution < 1.29 is 4.74 Å². The van der Waals surface area contributed by atoms with Crippen molar-refractivity contribution >= 4 is 0 Å². The molecule has 3 aromatic heterocycles. The van der Waals surface area contributed by atoms with Crippen LogP contribution in [0.25, 0.3) is 17.2 Å². The minimum absolute atomic E-state index is 0.00316. The number of aromatic amines is 2. The zero-order valence-corrected chi connectivity index (χ0v) is 14.6. The molecule has 0 atom stereocenters. The lowest BCUT2D eigenvalue weighted by Gasteiger charge is -2.14. The fourth-order valence-electron chi connectivity index (χ4n) is 2.50. The number of ether oxygens (including phenoxy) is 1. The van der Waals surface area contributed by atoms with E-state index in [1.165, 1.54) is 0 Å². The van der Waals surface area contributed by atoms with E-state index in [1.807, 2.05) is 41.1 Å². The van der Waals surface area contributed by atoms with Crippen LogP contribution in [0, 0.1) is 0 Å². The van der Waals surface area contributed by atoms with E-state index in [-0.39, 0.29) is 11.4 Å². The molecule has 0 aliphatic rings. The van der Waals surface area contributed by atoms with Crippen LogP contribution >= 0.6 is 0 Å². The number of nitrogens with zero attached hydrogens (tertiary/aromatic N) is 6. The van der Waals surface area contributed by atoms with Gasteiger partial charge in [-0.05, 0) is 35.5 Å². The second kappa shape index (κ2) is 6.10. The van der Waals surface area contributed by atoms with Gasteiger partial charge in [-0.3, -0.25) is 9.67 Å². The molecule has 4 rings (SSSR count). The van der Waals surface area contributed by atoms with Gasteiger partial charge < -0.3 is 4.74 Å². The van der Waals surface area contributed by atoms with E-state index in [9.17, 15) is 0 Å². The fourth-order valence-corrected chi connectivity index (χ4v) is 2.50. The van der Waals surface area contributed by atoms with E-state index in [2.05, 4.69) is 56.6 Å². The molecule has 0 aliphatic carbocycles. The third-order valence-corrected chi connectivity index (χ3v) is 3.91. The highest BCUT2D eigenvalue weighted by Gasteiger charge is 2.19. The summed E-state index contributed by atoms with van der Waals surface area (Å²) in [6.07, 6.45) is 3.65. The molecular weight excluding hydrogens is 332 g/mol. The predicted octanol–water partition coefficient (Wildman–Crippen LogP) is 2.87. The minimum atomic E-state index is -0.00316. The molecule has 132 valence electrons. The van der Waals surface area contributed by atoms with Gasteiger partial charge in [0.25, 0.3) is 0 Å². The predicted molar refractivity (Wildman–Crippen MR) is 94.1 cm³/mol. The van der Waals surface area contributed by atoms with Gasteiger partial charge in [-0.1, -0.05) is 31.0 Å². The van der Waals surface area contributed by atoms with Gasteiger partial charge in [-0.15, -0.1) is 0 Å². The summed E-state index contributed by atoms with van der Waals surface area (Å²) in [5.41, 5.74) is 2.80.